The summed E-state index contributed by atoms with van der Waals surface area (Å²) < 4.78 is 0. The highest BCUT2D eigenvalue weighted by molar-refractivity contribution is 5.80. The van der Waals surface area contributed by atoms with Crippen LogP contribution in [0.1, 0.15) is 38.5 Å². The van der Waals surface area contributed by atoms with Gasteiger partial charge in [0, 0.05) is 51.6 Å². The van der Waals surface area contributed by atoms with Gasteiger partial charge in [-0.15, -0.1) is 0 Å². The molecule has 0 aromatic heterocycles. The average molecular weight is 351 g/mol. The standard InChI is InChI=1S/C19H34N4O2/c1-20-8-5-9-22(11-10-20)15-19(25)21(2)13-16-12-18(24)23(14-16)17-6-3-4-7-17/h16-17H,3-15H2,1-2H3. The van der Waals surface area contributed by atoms with E-state index in [0.29, 0.717) is 37.4 Å². The van der Waals surface area contributed by atoms with Crippen molar-refractivity contribution in [1.29, 1.82) is 0 Å². The number of carbonyl (C=O) groups is 2. The number of hydrogen-bond donors (Lipinski definition) is 0. The Labute approximate surface area is 152 Å². The number of likely N-dealkylation sites (N-methyl/N-ethyl adjacent to an activating group) is 2. The van der Waals surface area contributed by atoms with Crippen LogP contribution in [0.4, 0.5) is 0 Å². The lowest BCUT2D eigenvalue weighted by molar-refractivity contribution is -0.132. The fraction of sp³-hybridized carbons (Fsp3) is 0.895. The third-order valence-corrected chi connectivity index (χ3v) is 6.13. The van der Waals surface area contributed by atoms with E-state index in [2.05, 4.69) is 21.7 Å². The predicted molar refractivity (Wildman–Crippen MR) is 98.3 cm³/mol. The van der Waals surface area contributed by atoms with Crippen LogP contribution < -0.4 is 0 Å². The van der Waals surface area contributed by atoms with Gasteiger partial charge >= 0.3 is 0 Å². The molecule has 0 aromatic carbocycles. The maximum atomic E-state index is 12.6. The highest BCUT2D eigenvalue weighted by atomic mass is 16.2. The summed E-state index contributed by atoms with van der Waals surface area (Å²) in [5.74, 6) is 0.793. The normalized spacial score (nSPS) is 27.0. The summed E-state index contributed by atoms with van der Waals surface area (Å²) in [5.41, 5.74) is 0. The minimum absolute atomic E-state index is 0.191. The summed E-state index contributed by atoms with van der Waals surface area (Å²) in [7, 11) is 4.04. The predicted octanol–water partition coefficient (Wildman–Crippen LogP) is 0.873. The van der Waals surface area contributed by atoms with Crippen LogP contribution in [0.25, 0.3) is 0 Å². The number of likely N-dealkylation sites (tertiary alicyclic amines) is 1. The molecule has 0 N–H and O–H groups in total. The molecule has 3 fully saturated rings. The zero-order chi connectivity index (χ0) is 17.8. The zero-order valence-electron chi connectivity index (χ0n) is 16.0. The Morgan fingerprint density at radius 3 is 2.64 bits per heavy atom. The van der Waals surface area contributed by atoms with Gasteiger partial charge in [-0.3, -0.25) is 14.5 Å². The molecule has 142 valence electrons. The van der Waals surface area contributed by atoms with E-state index < -0.39 is 0 Å². The first-order chi connectivity index (χ1) is 12.0. The van der Waals surface area contributed by atoms with E-state index >= 15 is 0 Å². The van der Waals surface area contributed by atoms with Crippen molar-refractivity contribution in [3.63, 3.8) is 0 Å². The van der Waals surface area contributed by atoms with Crippen molar-refractivity contribution < 1.29 is 9.59 Å². The molecule has 2 aliphatic heterocycles. The molecule has 3 rings (SSSR count). The van der Waals surface area contributed by atoms with Gasteiger partial charge in [-0.1, -0.05) is 12.8 Å². The topological polar surface area (TPSA) is 47.1 Å². The number of carbonyl (C=O) groups excluding carboxylic acids is 2. The van der Waals surface area contributed by atoms with Gasteiger partial charge in [0.05, 0.1) is 6.54 Å². The monoisotopic (exact) mass is 350 g/mol. The molecule has 0 bridgehead atoms. The van der Waals surface area contributed by atoms with Crippen LogP contribution in [0.15, 0.2) is 0 Å². The van der Waals surface area contributed by atoms with E-state index in [1.54, 1.807) is 0 Å². The van der Waals surface area contributed by atoms with Gasteiger partial charge in [0.2, 0.25) is 11.8 Å². The molecule has 2 amide bonds. The molecule has 1 atom stereocenters. The quantitative estimate of drug-likeness (QED) is 0.738. The van der Waals surface area contributed by atoms with Crippen LogP contribution in [0.5, 0.6) is 0 Å². The van der Waals surface area contributed by atoms with Crippen molar-refractivity contribution in [2.45, 2.75) is 44.6 Å². The van der Waals surface area contributed by atoms with E-state index in [0.717, 1.165) is 52.0 Å². The molecule has 6 nitrogen and oxygen atoms in total. The second-order valence-electron chi connectivity index (χ2n) is 8.26. The van der Waals surface area contributed by atoms with Crippen molar-refractivity contribution in [3.05, 3.63) is 0 Å². The summed E-state index contributed by atoms with van der Waals surface area (Å²) in [6, 6.07) is 0.465. The molecule has 3 aliphatic rings. The molecule has 1 aliphatic carbocycles. The lowest BCUT2D eigenvalue weighted by atomic mass is 10.1. The number of hydrogen-bond acceptors (Lipinski definition) is 4. The molecule has 25 heavy (non-hydrogen) atoms. The highest BCUT2D eigenvalue weighted by Gasteiger charge is 2.36. The first-order valence-corrected chi connectivity index (χ1v) is 9.97. The minimum Gasteiger partial charge on any atom is -0.344 e. The lowest BCUT2D eigenvalue weighted by Gasteiger charge is -2.27. The van der Waals surface area contributed by atoms with Crippen molar-refractivity contribution in [1.82, 2.24) is 19.6 Å². The maximum absolute atomic E-state index is 12.6. The molecule has 1 unspecified atom stereocenters. The van der Waals surface area contributed by atoms with Crippen LogP contribution in [-0.2, 0) is 9.59 Å². The van der Waals surface area contributed by atoms with Gasteiger partial charge in [0.1, 0.15) is 0 Å². The first kappa shape index (κ1) is 18.6. The third-order valence-electron chi connectivity index (χ3n) is 6.13. The van der Waals surface area contributed by atoms with Gasteiger partial charge in [-0.05, 0) is 39.4 Å². The largest absolute Gasteiger partial charge is 0.344 e. The van der Waals surface area contributed by atoms with Crippen molar-refractivity contribution in [2.75, 3.05) is 59.9 Å². The number of rotatable bonds is 5. The minimum atomic E-state index is 0.191. The van der Waals surface area contributed by atoms with Gasteiger partial charge in [-0.2, -0.15) is 0 Å². The lowest BCUT2D eigenvalue weighted by Crippen LogP contribution is -2.42. The first-order valence-electron chi connectivity index (χ1n) is 9.97. The second kappa shape index (κ2) is 8.49. The Bertz CT molecular complexity index is 478. The van der Waals surface area contributed by atoms with E-state index in [4.69, 9.17) is 0 Å². The van der Waals surface area contributed by atoms with Crippen LogP contribution in [0.2, 0.25) is 0 Å². The van der Waals surface area contributed by atoms with Crippen molar-refractivity contribution in [2.24, 2.45) is 5.92 Å². The highest BCUT2D eigenvalue weighted by Crippen LogP contribution is 2.29. The molecule has 0 radical (unpaired) electrons. The summed E-state index contributed by atoms with van der Waals surface area (Å²) in [5, 5.41) is 0. The van der Waals surface area contributed by atoms with E-state index in [-0.39, 0.29) is 5.91 Å². The Morgan fingerprint density at radius 1 is 1.12 bits per heavy atom. The van der Waals surface area contributed by atoms with Gasteiger partial charge in [-0.25, -0.2) is 0 Å². The van der Waals surface area contributed by atoms with Gasteiger partial charge in [0.15, 0.2) is 0 Å². The molecule has 6 heteroatoms. The van der Waals surface area contributed by atoms with Gasteiger partial charge < -0.3 is 14.7 Å². The molecule has 2 saturated heterocycles. The molecule has 2 heterocycles. The molecule has 1 saturated carbocycles. The van der Waals surface area contributed by atoms with Crippen LogP contribution in [0.3, 0.4) is 0 Å². The van der Waals surface area contributed by atoms with Crippen LogP contribution >= 0.6 is 0 Å². The Balaban J connectivity index is 1.44. The smallest absolute Gasteiger partial charge is 0.236 e. The second-order valence-corrected chi connectivity index (χ2v) is 8.26. The molecular weight excluding hydrogens is 316 g/mol. The fourth-order valence-electron chi connectivity index (χ4n) is 4.56. The Morgan fingerprint density at radius 2 is 1.88 bits per heavy atom. The van der Waals surface area contributed by atoms with Gasteiger partial charge in [0.25, 0.3) is 0 Å². The number of amides is 2. The summed E-state index contributed by atoms with van der Waals surface area (Å²) in [6.45, 7) is 6.18. The van der Waals surface area contributed by atoms with E-state index in [9.17, 15) is 9.59 Å². The summed E-state index contributed by atoms with van der Waals surface area (Å²) in [6.07, 6.45) is 6.57. The third kappa shape index (κ3) is 4.94. The van der Waals surface area contributed by atoms with E-state index in [1.165, 1.54) is 12.8 Å². The molecule has 0 spiro atoms. The summed E-state index contributed by atoms with van der Waals surface area (Å²) >= 11 is 0. The van der Waals surface area contributed by atoms with Crippen LogP contribution in [-0.4, -0.2) is 97.4 Å². The van der Waals surface area contributed by atoms with Crippen molar-refractivity contribution >= 4 is 11.8 Å². The Kier molecular flexibility index (Phi) is 6.34. The SMILES string of the molecule is CN1CCCN(CC(=O)N(C)CC2CC(=O)N(C3CCCC3)C2)CC1. The maximum Gasteiger partial charge on any atom is 0.236 e. The van der Waals surface area contributed by atoms with E-state index in [1.807, 2.05) is 11.9 Å². The molecular formula is C19H34N4O2. The summed E-state index contributed by atoms with van der Waals surface area (Å²) in [4.78, 5) is 33.5. The van der Waals surface area contributed by atoms with Crippen LogP contribution in [0, 0.1) is 5.92 Å². The average Bonchev–Trinajstić information content (AvgIpc) is 3.16. The number of nitrogens with zero attached hydrogens (tertiary/aromatic N) is 4. The molecule has 0 aromatic rings. The fourth-order valence-corrected chi connectivity index (χ4v) is 4.56. The zero-order valence-corrected chi connectivity index (χ0v) is 16.0. The van der Waals surface area contributed by atoms with Crippen molar-refractivity contribution in [3.8, 4) is 0 Å². The Hall–Kier alpha value is -1.14.